The fraction of sp³-hybridized carbons (Fsp3) is 0.292. The number of para-hydroxylation sites is 2. The van der Waals surface area contributed by atoms with E-state index in [1.807, 2.05) is 55.5 Å². The van der Waals surface area contributed by atoms with E-state index in [9.17, 15) is 9.18 Å². The van der Waals surface area contributed by atoms with Crippen LogP contribution in [0.25, 0.3) is 0 Å². The third kappa shape index (κ3) is 5.24. The maximum absolute atomic E-state index is 14.2. The van der Waals surface area contributed by atoms with Gasteiger partial charge >= 0.3 is 6.03 Å². The Bertz CT molecular complexity index is 974. The van der Waals surface area contributed by atoms with Crippen molar-refractivity contribution in [3.05, 3.63) is 82.8 Å². The number of amides is 2. The number of rotatable bonds is 6. The highest BCUT2D eigenvalue weighted by atomic mass is 32.1. The molecule has 2 atom stereocenters. The van der Waals surface area contributed by atoms with Crippen molar-refractivity contribution in [3.63, 3.8) is 0 Å². The fourth-order valence-corrected chi connectivity index (χ4v) is 5.09. The van der Waals surface area contributed by atoms with Gasteiger partial charge < -0.3 is 15.5 Å². The molecule has 2 heterocycles. The molecule has 1 fully saturated rings. The summed E-state index contributed by atoms with van der Waals surface area (Å²) in [5.41, 5.74) is 1.42. The molecular formula is C24H27FN4OS. The van der Waals surface area contributed by atoms with Crippen molar-refractivity contribution in [2.45, 2.75) is 19.0 Å². The first kappa shape index (κ1) is 21.3. The predicted molar refractivity (Wildman–Crippen MR) is 125 cm³/mol. The molecule has 3 aromatic rings. The smallest absolute Gasteiger partial charge is 0.319 e. The monoisotopic (exact) mass is 438 g/mol. The average Bonchev–Trinajstić information content (AvgIpc) is 3.30. The minimum atomic E-state index is -0.217. The molecule has 2 N–H and O–H groups in total. The van der Waals surface area contributed by atoms with Crippen molar-refractivity contribution in [2.24, 2.45) is 0 Å². The molecular weight excluding hydrogens is 411 g/mol. The number of halogens is 1. The summed E-state index contributed by atoms with van der Waals surface area (Å²) in [6.45, 7) is 5.11. The zero-order valence-corrected chi connectivity index (χ0v) is 18.3. The Kier molecular flexibility index (Phi) is 6.84. The number of urea groups is 1. The third-order valence-electron chi connectivity index (χ3n) is 5.60. The molecule has 1 saturated heterocycles. The highest BCUT2D eigenvalue weighted by Crippen LogP contribution is 2.30. The molecule has 0 aliphatic carbocycles. The standard InChI is InChI=1S/C24H27FN4OS/c1-18(26-24(30)27-19-8-3-2-4-9-19)23(22-12-7-17-31-22)29-15-13-28(14-16-29)21-11-6-5-10-20(21)25/h2-12,17-18,23H,13-16H2,1H3,(H2,26,27,30)/t18-,23-/m0/s1. The summed E-state index contributed by atoms with van der Waals surface area (Å²) in [7, 11) is 0. The van der Waals surface area contributed by atoms with E-state index in [1.165, 1.54) is 10.9 Å². The number of anilines is 2. The van der Waals surface area contributed by atoms with Gasteiger partial charge in [-0.15, -0.1) is 11.3 Å². The van der Waals surface area contributed by atoms with Gasteiger partial charge in [-0.1, -0.05) is 36.4 Å². The number of carbonyl (C=O) groups is 1. The Hall–Kier alpha value is -2.90. The largest absolute Gasteiger partial charge is 0.367 e. The van der Waals surface area contributed by atoms with Crippen molar-refractivity contribution in [3.8, 4) is 0 Å². The Labute approximate surface area is 186 Å². The van der Waals surface area contributed by atoms with Crippen LogP contribution in [0.15, 0.2) is 72.1 Å². The van der Waals surface area contributed by atoms with Gasteiger partial charge in [-0.25, -0.2) is 9.18 Å². The summed E-state index contributed by atoms with van der Waals surface area (Å²) in [6, 6.07) is 20.3. The number of thiophene rings is 1. The number of piperazine rings is 1. The molecule has 0 saturated carbocycles. The maximum atomic E-state index is 14.2. The van der Waals surface area contributed by atoms with E-state index in [0.29, 0.717) is 5.69 Å². The molecule has 0 radical (unpaired) electrons. The first-order valence-electron chi connectivity index (χ1n) is 10.5. The number of hydrogen-bond acceptors (Lipinski definition) is 4. The van der Waals surface area contributed by atoms with E-state index in [0.717, 1.165) is 31.9 Å². The van der Waals surface area contributed by atoms with Crippen LogP contribution in [0.3, 0.4) is 0 Å². The topological polar surface area (TPSA) is 47.6 Å². The number of hydrogen-bond donors (Lipinski definition) is 2. The summed E-state index contributed by atoms with van der Waals surface area (Å²) >= 11 is 1.70. The fourth-order valence-electron chi connectivity index (χ4n) is 4.13. The lowest BCUT2D eigenvalue weighted by Crippen LogP contribution is -2.52. The van der Waals surface area contributed by atoms with Crippen LogP contribution in [0, 0.1) is 5.82 Å². The summed E-state index contributed by atoms with van der Waals surface area (Å²) in [5.74, 6) is -0.182. The van der Waals surface area contributed by atoms with Gasteiger partial charge in [0.15, 0.2) is 0 Å². The van der Waals surface area contributed by atoms with E-state index in [1.54, 1.807) is 17.4 Å². The SMILES string of the molecule is C[C@H](NC(=O)Nc1ccccc1)[C@@H](c1cccs1)N1CCN(c2ccccc2F)CC1. The lowest BCUT2D eigenvalue weighted by Gasteiger charge is -2.42. The van der Waals surface area contributed by atoms with Crippen LogP contribution in [-0.2, 0) is 0 Å². The molecule has 1 aromatic heterocycles. The normalized spacial score (nSPS) is 16.5. The zero-order chi connectivity index (χ0) is 21.6. The van der Waals surface area contributed by atoms with Gasteiger partial charge in [-0.3, -0.25) is 4.90 Å². The number of carbonyl (C=O) groups excluding carboxylic acids is 1. The second kappa shape index (κ2) is 9.94. The van der Waals surface area contributed by atoms with Gasteiger partial charge in [0.2, 0.25) is 0 Å². The van der Waals surface area contributed by atoms with Crippen LogP contribution in [0.2, 0.25) is 0 Å². The highest BCUT2D eigenvalue weighted by molar-refractivity contribution is 7.10. The van der Waals surface area contributed by atoms with Crippen molar-refractivity contribution in [1.29, 1.82) is 0 Å². The van der Waals surface area contributed by atoms with E-state index >= 15 is 0 Å². The molecule has 5 nitrogen and oxygen atoms in total. The van der Waals surface area contributed by atoms with E-state index in [-0.39, 0.29) is 23.9 Å². The van der Waals surface area contributed by atoms with Crippen molar-refractivity contribution >= 4 is 28.7 Å². The van der Waals surface area contributed by atoms with Gasteiger partial charge in [-0.05, 0) is 42.6 Å². The Morgan fingerprint density at radius 3 is 2.35 bits per heavy atom. The van der Waals surface area contributed by atoms with Crippen molar-refractivity contribution in [1.82, 2.24) is 10.2 Å². The lowest BCUT2D eigenvalue weighted by molar-refractivity contribution is 0.157. The molecule has 4 rings (SSSR count). The Morgan fingerprint density at radius 1 is 0.968 bits per heavy atom. The van der Waals surface area contributed by atoms with Crippen LogP contribution in [0.4, 0.5) is 20.6 Å². The summed E-state index contributed by atoms with van der Waals surface area (Å²) < 4.78 is 14.2. The highest BCUT2D eigenvalue weighted by Gasteiger charge is 2.31. The van der Waals surface area contributed by atoms with Crippen LogP contribution >= 0.6 is 11.3 Å². The molecule has 2 amide bonds. The molecule has 0 bridgehead atoms. The zero-order valence-electron chi connectivity index (χ0n) is 17.5. The summed E-state index contributed by atoms with van der Waals surface area (Å²) in [6.07, 6.45) is 0. The van der Waals surface area contributed by atoms with E-state index in [4.69, 9.17) is 0 Å². The average molecular weight is 439 g/mol. The quantitative estimate of drug-likeness (QED) is 0.572. The maximum Gasteiger partial charge on any atom is 0.319 e. The molecule has 1 aliphatic rings. The predicted octanol–water partition coefficient (Wildman–Crippen LogP) is 4.96. The van der Waals surface area contributed by atoms with Crippen LogP contribution < -0.4 is 15.5 Å². The Balaban J connectivity index is 1.42. The summed E-state index contributed by atoms with van der Waals surface area (Å²) in [4.78, 5) is 18.3. The third-order valence-corrected chi connectivity index (χ3v) is 6.54. The van der Waals surface area contributed by atoms with E-state index in [2.05, 4.69) is 31.9 Å². The van der Waals surface area contributed by atoms with Gasteiger partial charge in [0.1, 0.15) is 5.82 Å². The molecule has 0 spiro atoms. The second-order valence-electron chi connectivity index (χ2n) is 7.69. The van der Waals surface area contributed by atoms with Gasteiger partial charge in [0, 0.05) is 42.8 Å². The van der Waals surface area contributed by atoms with Crippen molar-refractivity contribution in [2.75, 3.05) is 36.4 Å². The van der Waals surface area contributed by atoms with E-state index < -0.39 is 0 Å². The molecule has 2 aromatic carbocycles. The van der Waals surface area contributed by atoms with Crippen molar-refractivity contribution < 1.29 is 9.18 Å². The molecule has 162 valence electrons. The molecule has 1 aliphatic heterocycles. The number of benzene rings is 2. The van der Waals surface area contributed by atoms with Crippen LogP contribution in [0.1, 0.15) is 17.8 Å². The van der Waals surface area contributed by atoms with Crippen LogP contribution in [0.5, 0.6) is 0 Å². The van der Waals surface area contributed by atoms with Gasteiger partial charge in [0.05, 0.1) is 11.7 Å². The first-order chi connectivity index (χ1) is 15.1. The Morgan fingerprint density at radius 2 is 1.68 bits per heavy atom. The minimum Gasteiger partial charge on any atom is -0.367 e. The van der Waals surface area contributed by atoms with Gasteiger partial charge in [0.25, 0.3) is 0 Å². The molecule has 31 heavy (non-hydrogen) atoms. The van der Waals surface area contributed by atoms with Gasteiger partial charge in [-0.2, -0.15) is 0 Å². The number of nitrogens with zero attached hydrogens (tertiary/aromatic N) is 2. The first-order valence-corrected chi connectivity index (χ1v) is 11.4. The number of nitrogens with one attached hydrogen (secondary N) is 2. The molecule has 7 heteroatoms. The van der Waals surface area contributed by atoms with Crippen LogP contribution in [-0.4, -0.2) is 43.2 Å². The molecule has 0 unspecified atom stereocenters. The second-order valence-corrected chi connectivity index (χ2v) is 8.67. The lowest BCUT2D eigenvalue weighted by atomic mass is 10.0. The summed E-state index contributed by atoms with van der Waals surface area (Å²) in [5, 5.41) is 8.07. The minimum absolute atomic E-state index is 0.0595.